The Labute approximate surface area is 146 Å². The van der Waals surface area contributed by atoms with Crippen LogP contribution in [-0.2, 0) is 6.42 Å². The first-order chi connectivity index (χ1) is 11.2. The Morgan fingerprint density at radius 3 is 2.43 bits per heavy atom. The van der Waals surface area contributed by atoms with Crippen LogP contribution in [0.5, 0.6) is 0 Å². The molecule has 1 fully saturated rings. The molecule has 0 saturated carbocycles. The summed E-state index contributed by atoms with van der Waals surface area (Å²) in [6, 6.07) is 14.6. The lowest BCUT2D eigenvalue weighted by Crippen LogP contribution is -3.13. The highest BCUT2D eigenvalue weighted by molar-refractivity contribution is 6.42. The fourth-order valence-electron chi connectivity index (χ4n) is 3.54. The number of hydrogen-bond donors (Lipinski definition) is 1. The topological polar surface area (TPSA) is 7.68 Å². The third kappa shape index (κ3) is 2.99. The molecule has 0 aromatic heterocycles. The number of benzene rings is 2. The van der Waals surface area contributed by atoms with Crippen LogP contribution in [0.3, 0.4) is 0 Å². The van der Waals surface area contributed by atoms with Crippen molar-refractivity contribution in [3.8, 4) is 0 Å². The fraction of sp³-hybridized carbons (Fsp3) is 0.263. The molecule has 0 bridgehead atoms. The van der Waals surface area contributed by atoms with Crippen molar-refractivity contribution in [1.29, 1.82) is 0 Å². The summed E-state index contributed by atoms with van der Waals surface area (Å²) in [5, 5.41) is 1.25. The van der Waals surface area contributed by atoms with Gasteiger partial charge in [-0.3, -0.25) is 0 Å². The Morgan fingerprint density at radius 2 is 1.70 bits per heavy atom. The Kier molecular flexibility index (Phi) is 4.06. The van der Waals surface area contributed by atoms with Crippen LogP contribution in [0, 0.1) is 0 Å². The molecule has 1 heterocycles. The summed E-state index contributed by atoms with van der Waals surface area (Å²) >= 11 is 12.2. The van der Waals surface area contributed by atoms with Crippen LogP contribution in [0.1, 0.15) is 11.1 Å². The zero-order valence-electron chi connectivity index (χ0n) is 12.9. The van der Waals surface area contributed by atoms with Gasteiger partial charge in [0.25, 0.3) is 0 Å². The molecule has 4 heteroatoms. The monoisotopic (exact) mass is 345 g/mol. The van der Waals surface area contributed by atoms with Gasteiger partial charge < -0.3 is 9.80 Å². The van der Waals surface area contributed by atoms with Gasteiger partial charge >= 0.3 is 0 Å². The highest BCUT2D eigenvalue weighted by atomic mass is 35.5. The van der Waals surface area contributed by atoms with E-state index in [1.165, 1.54) is 22.5 Å². The minimum Gasteiger partial charge on any atom is -0.360 e. The summed E-state index contributed by atoms with van der Waals surface area (Å²) in [4.78, 5) is 4.01. The van der Waals surface area contributed by atoms with Crippen LogP contribution in [-0.4, -0.2) is 26.2 Å². The molecule has 1 aliphatic carbocycles. The van der Waals surface area contributed by atoms with E-state index in [1.807, 2.05) is 12.1 Å². The van der Waals surface area contributed by atoms with E-state index in [4.69, 9.17) is 23.2 Å². The lowest BCUT2D eigenvalue weighted by Gasteiger charge is -2.34. The summed E-state index contributed by atoms with van der Waals surface area (Å²) in [7, 11) is 0. The molecule has 2 aliphatic rings. The summed E-state index contributed by atoms with van der Waals surface area (Å²) in [6.45, 7) is 4.34. The van der Waals surface area contributed by atoms with Crippen LogP contribution in [0.4, 0.5) is 5.69 Å². The van der Waals surface area contributed by atoms with Crippen molar-refractivity contribution in [3.63, 3.8) is 0 Å². The van der Waals surface area contributed by atoms with E-state index in [-0.39, 0.29) is 0 Å². The summed E-state index contributed by atoms with van der Waals surface area (Å²) in [5.41, 5.74) is 5.55. The molecule has 1 N–H and O–H groups in total. The maximum atomic E-state index is 6.14. The van der Waals surface area contributed by atoms with Crippen molar-refractivity contribution in [2.24, 2.45) is 0 Å². The first-order valence-electron chi connectivity index (χ1n) is 8.04. The van der Waals surface area contributed by atoms with Gasteiger partial charge in [-0.15, -0.1) is 0 Å². The number of hydrogen-bond acceptors (Lipinski definition) is 1. The second-order valence-corrected chi connectivity index (χ2v) is 7.05. The van der Waals surface area contributed by atoms with E-state index in [0.717, 1.165) is 32.6 Å². The Morgan fingerprint density at radius 1 is 0.913 bits per heavy atom. The van der Waals surface area contributed by atoms with Crippen LogP contribution >= 0.6 is 23.2 Å². The standard InChI is InChI=1S/C19H18Cl2N2/c20-18-6-5-16(13-19(18)21)22-7-9-23(10-8-22)17-11-14-3-1-2-4-15(14)12-17/h1-6,11,13H,7-10,12H2/p+1. The Balaban J connectivity index is 1.43. The molecular formula is C19H19Cl2N2+. The highest BCUT2D eigenvalue weighted by Gasteiger charge is 2.27. The lowest BCUT2D eigenvalue weighted by atomic mass is 10.1. The van der Waals surface area contributed by atoms with E-state index < -0.39 is 0 Å². The minimum absolute atomic E-state index is 0.619. The minimum atomic E-state index is 0.619. The normalized spacial score (nSPS) is 18.0. The molecule has 1 aliphatic heterocycles. The predicted molar refractivity (Wildman–Crippen MR) is 97.5 cm³/mol. The molecule has 0 radical (unpaired) electrons. The number of quaternary nitrogens is 1. The third-order valence-electron chi connectivity index (χ3n) is 4.86. The molecule has 0 unspecified atom stereocenters. The van der Waals surface area contributed by atoms with Crippen molar-refractivity contribution < 1.29 is 4.90 Å². The van der Waals surface area contributed by atoms with Crippen molar-refractivity contribution in [2.75, 3.05) is 31.1 Å². The highest BCUT2D eigenvalue weighted by Crippen LogP contribution is 2.27. The van der Waals surface area contributed by atoms with Gasteiger partial charge in [0, 0.05) is 18.2 Å². The maximum Gasteiger partial charge on any atom is 0.112 e. The van der Waals surface area contributed by atoms with Crippen LogP contribution in [0.15, 0.2) is 48.2 Å². The Bertz CT molecular complexity index is 762. The number of piperazine rings is 1. The number of fused-ring (bicyclic) bond motifs is 1. The van der Waals surface area contributed by atoms with Gasteiger partial charge in [-0.25, -0.2) is 0 Å². The number of nitrogens with zero attached hydrogens (tertiary/aromatic N) is 1. The second-order valence-electron chi connectivity index (χ2n) is 6.23. The first kappa shape index (κ1) is 15.1. The van der Waals surface area contributed by atoms with E-state index in [2.05, 4.69) is 41.3 Å². The molecule has 1 saturated heterocycles. The number of allylic oxidation sites excluding steroid dienone is 1. The van der Waals surface area contributed by atoms with Gasteiger partial charge in [0.1, 0.15) is 5.70 Å². The van der Waals surface area contributed by atoms with Crippen molar-refractivity contribution in [1.82, 2.24) is 0 Å². The summed E-state index contributed by atoms with van der Waals surface area (Å²) < 4.78 is 0. The van der Waals surface area contributed by atoms with Gasteiger partial charge in [-0.2, -0.15) is 0 Å². The molecule has 2 nitrogen and oxygen atoms in total. The smallest absolute Gasteiger partial charge is 0.112 e. The number of rotatable bonds is 2. The molecule has 4 rings (SSSR count). The first-order valence-corrected chi connectivity index (χ1v) is 8.80. The van der Waals surface area contributed by atoms with Crippen molar-refractivity contribution >= 4 is 35.0 Å². The van der Waals surface area contributed by atoms with E-state index in [9.17, 15) is 0 Å². The van der Waals surface area contributed by atoms with Crippen LogP contribution < -0.4 is 9.80 Å². The largest absolute Gasteiger partial charge is 0.360 e. The van der Waals surface area contributed by atoms with Gasteiger partial charge in [0.15, 0.2) is 0 Å². The Hall–Kier alpha value is -1.48. The molecule has 23 heavy (non-hydrogen) atoms. The summed E-state index contributed by atoms with van der Waals surface area (Å²) in [5.74, 6) is 0. The SMILES string of the molecule is Clc1ccc(N2CC[NH+](C3=Cc4ccccc4C3)CC2)cc1Cl. The molecule has 0 amide bonds. The second kappa shape index (κ2) is 6.20. The number of halogens is 2. The van der Waals surface area contributed by atoms with E-state index in [1.54, 1.807) is 4.90 Å². The maximum absolute atomic E-state index is 6.14. The average molecular weight is 346 g/mol. The van der Waals surface area contributed by atoms with Gasteiger partial charge in [0.2, 0.25) is 0 Å². The predicted octanol–water partition coefficient (Wildman–Crippen LogP) is 3.30. The number of anilines is 1. The number of nitrogens with one attached hydrogen (secondary N) is 1. The molecule has 0 spiro atoms. The molecular weight excluding hydrogens is 327 g/mol. The van der Waals surface area contributed by atoms with E-state index in [0.29, 0.717) is 10.0 Å². The zero-order valence-corrected chi connectivity index (χ0v) is 14.4. The van der Waals surface area contributed by atoms with E-state index >= 15 is 0 Å². The average Bonchev–Trinajstić information content (AvgIpc) is 3.02. The van der Waals surface area contributed by atoms with Gasteiger partial charge in [0.05, 0.1) is 36.2 Å². The molecule has 0 atom stereocenters. The quantitative estimate of drug-likeness (QED) is 0.877. The fourth-order valence-corrected chi connectivity index (χ4v) is 3.84. The third-order valence-corrected chi connectivity index (χ3v) is 5.59. The van der Waals surface area contributed by atoms with Crippen molar-refractivity contribution in [3.05, 3.63) is 69.3 Å². The zero-order chi connectivity index (χ0) is 15.8. The lowest BCUT2D eigenvalue weighted by molar-refractivity contribution is -0.861. The molecule has 118 valence electrons. The van der Waals surface area contributed by atoms with Crippen LogP contribution in [0.2, 0.25) is 10.0 Å². The van der Waals surface area contributed by atoms with Gasteiger partial charge in [-0.05, 0) is 29.3 Å². The molecule has 2 aromatic carbocycles. The van der Waals surface area contributed by atoms with Gasteiger partial charge in [-0.1, -0.05) is 47.5 Å². The van der Waals surface area contributed by atoms with Crippen molar-refractivity contribution in [2.45, 2.75) is 6.42 Å². The summed E-state index contributed by atoms with van der Waals surface area (Å²) in [6.07, 6.45) is 3.47. The molecule has 2 aromatic rings. The van der Waals surface area contributed by atoms with Crippen LogP contribution in [0.25, 0.3) is 6.08 Å².